The maximum atomic E-state index is 12.5. The van der Waals surface area contributed by atoms with E-state index in [0.29, 0.717) is 16.9 Å². The van der Waals surface area contributed by atoms with Crippen LogP contribution in [0.3, 0.4) is 0 Å². The maximum Gasteiger partial charge on any atom is 0.305 e. The molecule has 0 unspecified atom stereocenters. The number of furan rings is 1. The van der Waals surface area contributed by atoms with Gasteiger partial charge >= 0.3 is 5.97 Å². The molecule has 0 radical (unpaired) electrons. The minimum absolute atomic E-state index is 0.144. The minimum Gasteiger partial charge on any atom is -0.497 e. The van der Waals surface area contributed by atoms with Crippen molar-refractivity contribution < 1.29 is 23.8 Å². The molecule has 2 N–H and O–H groups in total. The average Bonchev–Trinajstić information content (AvgIpc) is 3.05. The number of nitrogens with one attached hydrogen (secondary N) is 1. The first-order chi connectivity index (χ1) is 12.1. The summed E-state index contributed by atoms with van der Waals surface area (Å²) in [7, 11) is 1.55. The maximum absolute atomic E-state index is 12.5. The Labute approximate surface area is 144 Å². The Kier molecular flexibility index (Phi) is 4.70. The van der Waals surface area contributed by atoms with Crippen molar-refractivity contribution in [1.29, 1.82) is 0 Å². The largest absolute Gasteiger partial charge is 0.497 e. The first-order valence-corrected chi connectivity index (χ1v) is 7.72. The smallest absolute Gasteiger partial charge is 0.305 e. The fourth-order valence-corrected chi connectivity index (χ4v) is 2.59. The van der Waals surface area contributed by atoms with Gasteiger partial charge in [-0.05, 0) is 29.8 Å². The zero-order valence-electron chi connectivity index (χ0n) is 13.6. The highest BCUT2D eigenvalue weighted by molar-refractivity contribution is 5.96. The minimum atomic E-state index is -1.01. The van der Waals surface area contributed by atoms with E-state index in [2.05, 4.69) is 5.32 Å². The van der Waals surface area contributed by atoms with Crippen molar-refractivity contribution in [3.63, 3.8) is 0 Å². The fourth-order valence-electron chi connectivity index (χ4n) is 2.59. The first-order valence-electron chi connectivity index (χ1n) is 7.72. The second-order valence-corrected chi connectivity index (χ2v) is 5.55. The SMILES string of the molecule is COc1ccc([C@H](CC(=O)O)NC(=O)c2cc3ccccc3o2)cc1. The quantitative estimate of drug-likeness (QED) is 0.718. The second kappa shape index (κ2) is 7.09. The Morgan fingerprint density at radius 3 is 2.52 bits per heavy atom. The number of methoxy groups -OCH3 is 1. The van der Waals surface area contributed by atoms with E-state index in [1.165, 1.54) is 0 Å². The second-order valence-electron chi connectivity index (χ2n) is 5.55. The summed E-state index contributed by atoms with van der Waals surface area (Å²) in [5.41, 5.74) is 1.28. The number of hydrogen-bond acceptors (Lipinski definition) is 4. The van der Waals surface area contributed by atoms with Gasteiger partial charge in [0.25, 0.3) is 5.91 Å². The van der Waals surface area contributed by atoms with Crippen LogP contribution in [0, 0.1) is 0 Å². The highest BCUT2D eigenvalue weighted by atomic mass is 16.5. The lowest BCUT2D eigenvalue weighted by Gasteiger charge is -2.17. The monoisotopic (exact) mass is 339 g/mol. The topological polar surface area (TPSA) is 88.8 Å². The van der Waals surface area contributed by atoms with E-state index in [0.717, 1.165) is 5.39 Å². The van der Waals surface area contributed by atoms with Crippen molar-refractivity contribution in [1.82, 2.24) is 5.32 Å². The molecule has 1 atom stereocenters. The first kappa shape index (κ1) is 16.6. The van der Waals surface area contributed by atoms with Gasteiger partial charge in [-0.2, -0.15) is 0 Å². The lowest BCUT2D eigenvalue weighted by Crippen LogP contribution is -2.29. The van der Waals surface area contributed by atoms with Gasteiger partial charge in [-0.1, -0.05) is 30.3 Å². The van der Waals surface area contributed by atoms with Crippen LogP contribution in [0.1, 0.15) is 28.6 Å². The molecule has 6 nitrogen and oxygen atoms in total. The summed E-state index contributed by atoms with van der Waals surface area (Å²) in [6.07, 6.45) is -0.238. The molecule has 3 rings (SSSR count). The van der Waals surface area contributed by atoms with Crippen LogP contribution in [0.4, 0.5) is 0 Å². The number of benzene rings is 2. The van der Waals surface area contributed by atoms with Crippen LogP contribution in [-0.4, -0.2) is 24.1 Å². The van der Waals surface area contributed by atoms with Gasteiger partial charge in [0.05, 0.1) is 19.6 Å². The Hall–Kier alpha value is -3.28. The van der Waals surface area contributed by atoms with Gasteiger partial charge in [-0.3, -0.25) is 9.59 Å². The molecule has 2 aromatic carbocycles. The van der Waals surface area contributed by atoms with Crippen LogP contribution < -0.4 is 10.1 Å². The summed E-state index contributed by atoms with van der Waals surface area (Å²) < 4.78 is 10.6. The molecule has 0 saturated carbocycles. The predicted octanol–water partition coefficient (Wildman–Crippen LogP) is 3.39. The molecule has 6 heteroatoms. The molecule has 0 aliphatic heterocycles. The van der Waals surface area contributed by atoms with E-state index in [-0.39, 0.29) is 12.2 Å². The number of rotatable bonds is 6. The summed E-state index contributed by atoms with van der Waals surface area (Å²) in [5, 5.41) is 12.7. The van der Waals surface area contributed by atoms with Gasteiger partial charge in [0.1, 0.15) is 11.3 Å². The zero-order chi connectivity index (χ0) is 17.8. The Morgan fingerprint density at radius 1 is 1.16 bits per heavy atom. The van der Waals surface area contributed by atoms with E-state index < -0.39 is 17.9 Å². The van der Waals surface area contributed by atoms with Crippen LogP contribution in [-0.2, 0) is 4.79 Å². The molecule has 3 aromatic rings. The number of carboxylic acid groups (broad SMARTS) is 1. The van der Waals surface area contributed by atoms with Crippen LogP contribution in [0.15, 0.2) is 59.0 Å². The zero-order valence-corrected chi connectivity index (χ0v) is 13.6. The summed E-state index contributed by atoms with van der Waals surface area (Å²) >= 11 is 0. The third kappa shape index (κ3) is 3.80. The number of para-hydroxylation sites is 1. The van der Waals surface area contributed by atoms with Crippen LogP contribution >= 0.6 is 0 Å². The molecule has 0 aliphatic rings. The molecule has 0 fully saturated rings. The van der Waals surface area contributed by atoms with Crippen molar-refractivity contribution in [2.45, 2.75) is 12.5 Å². The Morgan fingerprint density at radius 2 is 1.88 bits per heavy atom. The highest BCUT2D eigenvalue weighted by Gasteiger charge is 2.21. The summed E-state index contributed by atoms with van der Waals surface area (Å²) in [5.74, 6) is -0.671. The number of carbonyl (C=O) groups is 2. The Balaban J connectivity index is 1.83. The Bertz CT molecular complexity index is 865. The lowest BCUT2D eigenvalue weighted by atomic mass is 10.0. The van der Waals surface area contributed by atoms with Gasteiger partial charge in [0.2, 0.25) is 0 Å². The van der Waals surface area contributed by atoms with Gasteiger partial charge in [0, 0.05) is 5.39 Å². The number of ether oxygens (including phenoxy) is 1. The molecule has 0 saturated heterocycles. The summed E-state index contributed by atoms with van der Waals surface area (Å²) in [4.78, 5) is 23.6. The summed E-state index contributed by atoms with van der Waals surface area (Å²) in [6, 6.07) is 15.1. The molecule has 1 aromatic heterocycles. The fraction of sp³-hybridized carbons (Fsp3) is 0.158. The third-order valence-electron chi connectivity index (χ3n) is 3.85. The van der Waals surface area contributed by atoms with Crippen molar-refractivity contribution >= 4 is 22.8 Å². The number of carbonyl (C=O) groups excluding carboxylic acids is 1. The van der Waals surface area contributed by atoms with Crippen molar-refractivity contribution in [3.8, 4) is 5.75 Å². The van der Waals surface area contributed by atoms with Crippen LogP contribution in [0.2, 0.25) is 0 Å². The number of amides is 1. The van der Waals surface area contributed by atoms with Crippen LogP contribution in [0.5, 0.6) is 5.75 Å². The van der Waals surface area contributed by atoms with Crippen molar-refractivity contribution in [2.75, 3.05) is 7.11 Å². The normalized spacial score (nSPS) is 11.9. The molecule has 0 aliphatic carbocycles. The highest BCUT2D eigenvalue weighted by Crippen LogP contribution is 2.23. The number of carboxylic acids is 1. The van der Waals surface area contributed by atoms with Gasteiger partial charge in [0.15, 0.2) is 5.76 Å². The third-order valence-corrected chi connectivity index (χ3v) is 3.85. The van der Waals surface area contributed by atoms with Crippen molar-refractivity contribution in [2.24, 2.45) is 0 Å². The standard InChI is InChI=1S/C19H17NO5/c1-24-14-8-6-12(7-9-14)15(11-18(21)22)20-19(23)17-10-13-4-2-3-5-16(13)25-17/h2-10,15H,11H2,1H3,(H,20,23)(H,21,22)/t15-/m0/s1. The van der Waals surface area contributed by atoms with E-state index in [9.17, 15) is 9.59 Å². The van der Waals surface area contributed by atoms with Gasteiger partial charge < -0.3 is 19.6 Å². The summed E-state index contributed by atoms with van der Waals surface area (Å²) in [6.45, 7) is 0. The van der Waals surface area contributed by atoms with E-state index in [1.807, 2.05) is 18.2 Å². The van der Waals surface area contributed by atoms with E-state index in [4.69, 9.17) is 14.3 Å². The molecular formula is C19H17NO5. The van der Waals surface area contributed by atoms with Crippen LogP contribution in [0.25, 0.3) is 11.0 Å². The van der Waals surface area contributed by atoms with Crippen molar-refractivity contribution in [3.05, 3.63) is 65.9 Å². The molecule has 128 valence electrons. The predicted molar refractivity (Wildman–Crippen MR) is 91.7 cm³/mol. The number of fused-ring (bicyclic) bond motifs is 1. The molecule has 0 bridgehead atoms. The lowest BCUT2D eigenvalue weighted by molar-refractivity contribution is -0.137. The van der Waals surface area contributed by atoms with E-state index >= 15 is 0 Å². The number of hydrogen-bond donors (Lipinski definition) is 2. The molecule has 0 spiro atoms. The molecule has 1 heterocycles. The van der Waals surface area contributed by atoms with E-state index in [1.54, 1.807) is 43.5 Å². The van der Waals surface area contributed by atoms with Gasteiger partial charge in [-0.25, -0.2) is 0 Å². The average molecular weight is 339 g/mol. The molecule has 1 amide bonds. The number of aliphatic carboxylic acids is 1. The molecular weight excluding hydrogens is 322 g/mol. The van der Waals surface area contributed by atoms with Gasteiger partial charge in [-0.15, -0.1) is 0 Å². The molecule has 25 heavy (non-hydrogen) atoms.